The molecule has 6 heteroatoms. The monoisotopic (exact) mass is 299 g/mol. The van der Waals surface area contributed by atoms with Crippen LogP contribution in [0.4, 0.5) is 5.82 Å². The van der Waals surface area contributed by atoms with E-state index in [1.807, 2.05) is 20.8 Å². The molecule has 1 aliphatic heterocycles. The van der Waals surface area contributed by atoms with E-state index >= 15 is 0 Å². The fourth-order valence-electron chi connectivity index (χ4n) is 2.52. The van der Waals surface area contributed by atoms with Crippen molar-refractivity contribution in [1.82, 2.24) is 9.97 Å². The number of halogens is 1. The van der Waals surface area contributed by atoms with Gasteiger partial charge in [0.15, 0.2) is 6.29 Å². The molecule has 0 saturated heterocycles. The molecule has 1 aromatic rings. The molecule has 0 spiro atoms. The minimum Gasteiger partial charge on any atom is -0.356 e. The van der Waals surface area contributed by atoms with Crippen molar-refractivity contribution in [3.05, 3.63) is 16.5 Å². The van der Waals surface area contributed by atoms with Gasteiger partial charge >= 0.3 is 0 Å². The van der Waals surface area contributed by atoms with E-state index in [-0.39, 0.29) is 6.29 Å². The molecule has 0 fully saturated rings. The fraction of sp³-hybridized carbons (Fsp3) is 0.714. The summed E-state index contributed by atoms with van der Waals surface area (Å²) < 4.78 is 11.1. The van der Waals surface area contributed by atoms with Crippen molar-refractivity contribution >= 4 is 17.4 Å². The lowest BCUT2D eigenvalue weighted by Gasteiger charge is -2.22. The number of nitrogens with zero attached hydrogens (tertiary/aromatic N) is 3. The zero-order valence-electron chi connectivity index (χ0n) is 12.4. The first-order chi connectivity index (χ1) is 9.65. The Hall–Kier alpha value is -0.910. The topological polar surface area (TPSA) is 47.5 Å². The maximum absolute atomic E-state index is 5.96. The van der Waals surface area contributed by atoms with Crippen LogP contribution in [0.1, 0.15) is 31.5 Å². The zero-order chi connectivity index (χ0) is 14.5. The number of rotatable bonds is 7. The Kier molecular flexibility index (Phi) is 5.57. The molecule has 1 aliphatic rings. The minimum absolute atomic E-state index is 0.146. The first-order valence-electron chi connectivity index (χ1n) is 7.16. The summed E-state index contributed by atoms with van der Waals surface area (Å²) in [6.45, 7) is 9.07. The molecule has 1 aromatic heterocycles. The molecule has 2 heterocycles. The largest absolute Gasteiger partial charge is 0.356 e. The molecular weight excluding hydrogens is 278 g/mol. The molecule has 0 aromatic carbocycles. The Bertz CT molecular complexity index is 450. The van der Waals surface area contributed by atoms with Crippen LogP contribution in [0.25, 0.3) is 0 Å². The molecular formula is C14H22ClN3O2. The molecule has 0 N–H and O–H groups in total. The van der Waals surface area contributed by atoms with Gasteiger partial charge in [-0.1, -0.05) is 0 Å². The maximum atomic E-state index is 5.96. The van der Waals surface area contributed by atoms with E-state index in [2.05, 4.69) is 14.9 Å². The molecule has 0 bridgehead atoms. The summed E-state index contributed by atoms with van der Waals surface area (Å²) in [5.74, 6) is 0.967. The van der Waals surface area contributed by atoms with Crippen LogP contribution >= 0.6 is 11.6 Å². The van der Waals surface area contributed by atoms with E-state index in [0.29, 0.717) is 18.5 Å². The molecule has 112 valence electrons. The first kappa shape index (κ1) is 15.5. The number of hydrogen-bond donors (Lipinski definition) is 0. The Morgan fingerprint density at radius 3 is 2.60 bits per heavy atom. The highest BCUT2D eigenvalue weighted by Crippen LogP contribution is 2.29. The third-order valence-electron chi connectivity index (χ3n) is 3.44. The van der Waals surface area contributed by atoms with Crippen molar-refractivity contribution in [2.75, 3.05) is 31.2 Å². The highest BCUT2D eigenvalue weighted by Gasteiger charge is 2.24. The van der Waals surface area contributed by atoms with Crippen LogP contribution in [0.15, 0.2) is 0 Å². The Morgan fingerprint density at radius 2 is 1.95 bits per heavy atom. The quantitative estimate of drug-likeness (QED) is 0.572. The molecule has 20 heavy (non-hydrogen) atoms. The summed E-state index contributed by atoms with van der Waals surface area (Å²) in [7, 11) is 0. The third kappa shape index (κ3) is 3.59. The highest BCUT2D eigenvalue weighted by atomic mass is 35.5. The van der Waals surface area contributed by atoms with E-state index in [1.165, 1.54) is 5.56 Å². The van der Waals surface area contributed by atoms with Crippen LogP contribution in [0.2, 0.25) is 5.28 Å². The first-order valence-corrected chi connectivity index (χ1v) is 7.54. The summed E-state index contributed by atoms with van der Waals surface area (Å²) >= 11 is 5.96. The Balaban J connectivity index is 1.99. The van der Waals surface area contributed by atoms with Crippen LogP contribution in [-0.4, -0.2) is 42.6 Å². The smallest absolute Gasteiger partial charge is 0.224 e. The average Bonchev–Trinajstić information content (AvgIpc) is 2.80. The van der Waals surface area contributed by atoms with Gasteiger partial charge in [-0.15, -0.1) is 0 Å². The van der Waals surface area contributed by atoms with Crippen LogP contribution in [0, 0.1) is 6.92 Å². The molecule has 2 rings (SSSR count). The van der Waals surface area contributed by atoms with E-state index in [1.54, 1.807) is 0 Å². The molecule has 0 saturated carbocycles. The lowest BCUT2D eigenvalue weighted by molar-refractivity contribution is -0.138. The van der Waals surface area contributed by atoms with Gasteiger partial charge in [0.2, 0.25) is 5.28 Å². The van der Waals surface area contributed by atoms with Gasteiger partial charge in [0, 0.05) is 44.0 Å². The second-order valence-corrected chi connectivity index (χ2v) is 5.08. The van der Waals surface area contributed by atoms with Crippen molar-refractivity contribution in [1.29, 1.82) is 0 Å². The number of ether oxygens (including phenoxy) is 2. The summed E-state index contributed by atoms with van der Waals surface area (Å²) in [5.41, 5.74) is 2.19. The SMILES string of the molecule is CCOC(CCN1CCc2c(C)nc(Cl)nc21)OCC. The lowest BCUT2D eigenvalue weighted by Crippen LogP contribution is -2.28. The predicted octanol–water partition coefficient (Wildman–Crippen LogP) is 2.59. The summed E-state index contributed by atoms with van der Waals surface area (Å²) in [5, 5.41) is 0.319. The molecule has 0 radical (unpaired) electrons. The number of fused-ring (bicyclic) bond motifs is 1. The third-order valence-corrected chi connectivity index (χ3v) is 3.60. The maximum Gasteiger partial charge on any atom is 0.224 e. The van der Waals surface area contributed by atoms with E-state index in [9.17, 15) is 0 Å². The summed E-state index contributed by atoms with van der Waals surface area (Å²) in [6.07, 6.45) is 1.65. The summed E-state index contributed by atoms with van der Waals surface area (Å²) in [6, 6.07) is 0. The standard InChI is InChI=1S/C14H22ClN3O2/c1-4-19-12(20-5-2)7-9-18-8-6-11-10(3)16-14(15)17-13(11)18/h12H,4-9H2,1-3H3. The Morgan fingerprint density at radius 1 is 1.25 bits per heavy atom. The van der Waals surface area contributed by atoms with Crippen LogP contribution in [0.3, 0.4) is 0 Å². The molecule has 0 amide bonds. The highest BCUT2D eigenvalue weighted by molar-refractivity contribution is 6.28. The second-order valence-electron chi connectivity index (χ2n) is 4.75. The van der Waals surface area contributed by atoms with Gasteiger partial charge in [-0.25, -0.2) is 9.97 Å². The number of aryl methyl sites for hydroxylation is 1. The van der Waals surface area contributed by atoms with Crippen molar-refractivity contribution < 1.29 is 9.47 Å². The van der Waals surface area contributed by atoms with Gasteiger partial charge in [0.05, 0.1) is 0 Å². The van der Waals surface area contributed by atoms with E-state index in [4.69, 9.17) is 21.1 Å². The van der Waals surface area contributed by atoms with Crippen molar-refractivity contribution in [2.24, 2.45) is 0 Å². The zero-order valence-corrected chi connectivity index (χ0v) is 13.1. The summed E-state index contributed by atoms with van der Waals surface area (Å²) in [4.78, 5) is 10.8. The van der Waals surface area contributed by atoms with Gasteiger partial charge in [-0.3, -0.25) is 0 Å². The van der Waals surface area contributed by atoms with Gasteiger partial charge < -0.3 is 14.4 Å². The van der Waals surface area contributed by atoms with Gasteiger partial charge in [0.1, 0.15) is 5.82 Å². The molecule has 0 unspecified atom stereocenters. The minimum atomic E-state index is -0.146. The van der Waals surface area contributed by atoms with E-state index in [0.717, 1.165) is 37.4 Å². The average molecular weight is 300 g/mol. The van der Waals surface area contributed by atoms with Crippen molar-refractivity contribution in [2.45, 2.75) is 39.9 Å². The van der Waals surface area contributed by atoms with Crippen LogP contribution in [-0.2, 0) is 15.9 Å². The second kappa shape index (κ2) is 7.20. The fourth-order valence-corrected chi connectivity index (χ4v) is 2.73. The van der Waals surface area contributed by atoms with E-state index < -0.39 is 0 Å². The normalized spacial score (nSPS) is 14.2. The molecule has 5 nitrogen and oxygen atoms in total. The molecule has 0 aliphatic carbocycles. The van der Waals surface area contributed by atoms with Gasteiger partial charge in [-0.05, 0) is 38.8 Å². The number of hydrogen-bond acceptors (Lipinski definition) is 5. The van der Waals surface area contributed by atoms with Crippen molar-refractivity contribution in [3.8, 4) is 0 Å². The number of aromatic nitrogens is 2. The van der Waals surface area contributed by atoms with Crippen LogP contribution in [0.5, 0.6) is 0 Å². The van der Waals surface area contributed by atoms with Gasteiger partial charge in [0.25, 0.3) is 0 Å². The van der Waals surface area contributed by atoms with Crippen molar-refractivity contribution in [3.63, 3.8) is 0 Å². The van der Waals surface area contributed by atoms with Gasteiger partial charge in [-0.2, -0.15) is 0 Å². The predicted molar refractivity (Wildman–Crippen MR) is 79.4 cm³/mol. The van der Waals surface area contributed by atoms with Crippen LogP contribution < -0.4 is 4.90 Å². The number of anilines is 1. The lowest BCUT2D eigenvalue weighted by atomic mass is 10.2. The molecule has 0 atom stereocenters. The Labute approximate surface area is 125 Å².